The van der Waals surface area contributed by atoms with E-state index >= 15 is 0 Å². The first-order valence-corrected chi connectivity index (χ1v) is 10.6. The first-order valence-electron chi connectivity index (χ1n) is 8.91. The van der Waals surface area contributed by atoms with Crippen molar-refractivity contribution in [2.24, 2.45) is 0 Å². The molecule has 1 atom stereocenters. The third kappa shape index (κ3) is 4.17. The van der Waals surface area contributed by atoms with E-state index in [-0.39, 0.29) is 5.91 Å². The van der Waals surface area contributed by atoms with E-state index < -0.39 is 0 Å². The smallest absolute Gasteiger partial charge is 0.255 e. The average molecular weight is 368 g/mol. The van der Waals surface area contributed by atoms with Gasteiger partial charge in [0.15, 0.2) is 0 Å². The molecule has 4 nitrogen and oxygen atoms in total. The van der Waals surface area contributed by atoms with E-state index in [0.29, 0.717) is 15.8 Å². The van der Waals surface area contributed by atoms with Gasteiger partial charge in [-0.1, -0.05) is 18.0 Å². The maximum absolute atomic E-state index is 12.6. The van der Waals surface area contributed by atoms with Crippen LogP contribution >= 0.6 is 23.4 Å². The monoisotopic (exact) mass is 367 g/mol. The summed E-state index contributed by atoms with van der Waals surface area (Å²) < 4.78 is 0. The number of aromatic nitrogens is 1. The van der Waals surface area contributed by atoms with Crippen LogP contribution in [0.1, 0.15) is 48.9 Å². The first-order chi connectivity index (χ1) is 11.7. The zero-order valence-electron chi connectivity index (χ0n) is 14.3. The molecule has 0 N–H and O–H groups in total. The van der Waals surface area contributed by atoms with Crippen LogP contribution in [0, 0.1) is 0 Å². The number of amides is 1. The van der Waals surface area contributed by atoms with Crippen molar-refractivity contribution in [2.45, 2.75) is 43.8 Å². The summed E-state index contributed by atoms with van der Waals surface area (Å²) in [5, 5.41) is 1.22. The number of anilines is 1. The van der Waals surface area contributed by atoms with Crippen LogP contribution < -0.4 is 4.90 Å². The molecule has 3 heterocycles. The Morgan fingerprint density at radius 3 is 2.67 bits per heavy atom. The molecule has 1 aromatic heterocycles. The second-order valence-corrected chi connectivity index (χ2v) is 8.23. The lowest BCUT2D eigenvalue weighted by molar-refractivity contribution is 0.0724. The first kappa shape index (κ1) is 17.9. The molecule has 1 amide bonds. The van der Waals surface area contributed by atoms with E-state index in [1.165, 1.54) is 25.7 Å². The summed E-state index contributed by atoms with van der Waals surface area (Å²) in [6.45, 7) is 3.66. The molecular weight excluding hydrogens is 342 g/mol. The van der Waals surface area contributed by atoms with Gasteiger partial charge in [0.05, 0.1) is 10.6 Å². The number of halogens is 1. The van der Waals surface area contributed by atoms with Crippen molar-refractivity contribution in [1.29, 1.82) is 0 Å². The highest BCUT2D eigenvalue weighted by Gasteiger charge is 2.23. The highest BCUT2D eigenvalue weighted by molar-refractivity contribution is 7.99. The molecule has 3 rings (SSSR count). The summed E-state index contributed by atoms with van der Waals surface area (Å²) in [7, 11) is 0. The van der Waals surface area contributed by atoms with Gasteiger partial charge in [0.25, 0.3) is 5.91 Å². The van der Waals surface area contributed by atoms with Crippen LogP contribution in [0.4, 0.5) is 5.82 Å². The summed E-state index contributed by atoms with van der Waals surface area (Å²) in [5.41, 5.74) is 0.613. The summed E-state index contributed by atoms with van der Waals surface area (Å²) in [6, 6.07) is 1.81. The van der Waals surface area contributed by atoms with Gasteiger partial charge in [-0.2, -0.15) is 11.8 Å². The Balaban J connectivity index is 1.75. The number of nitrogens with zero attached hydrogens (tertiary/aromatic N) is 3. The number of pyridine rings is 1. The molecule has 24 heavy (non-hydrogen) atoms. The second kappa shape index (κ2) is 8.43. The summed E-state index contributed by atoms with van der Waals surface area (Å²) in [6.07, 6.45) is 11.0. The Morgan fingerprint density at radius 2 is 1.96 bits per heavy atom. The van der Waals surface area contributed by atoms with Crippen molar-refractivity contribution in [3.05, 3.63) is 22.8 Å². The number of piperidine rings is 1. The zero-order valence-corrected chi connectivity index (χ0v) is 15.9. The van der Waals surface area contributed by atoms with E-state index in [2.05, 4.69) is 16.1 Å². The molecule has 1 unspecified atom stereocenters. The van der Waals surface area contributed by atoms with Crippen LogP contribution in [-0.2, 0) is 0 Å². The Kier molecular flexibility index (Phi) is 6.28. The minimum atomic E-state index is 0.0634. The standard InChI is InChI=1S/C18H26ClN3OS/c1-24-15-7-3-6-10-22(13-15)17-16(19)11-14(12-20-17)18(23)21-8-4-2-5-9-21/h11-12,15H,2-10,13H2,1H3. The number of rotatable bonds is 3. The fourth-order valence-electron chi connectivity index (χ4n) is 3.55. The lowest BCUT2D eigenvalue weighted by atomic mass is 10.1. The van der Waals surface area contributed by atoms with Crippen molar-refractivity contribution in [3.8, 4) is 0 Å². The quantitative estimate of drug-likeness (QED) is 0.806. The molecule has 2 fully saturated rings. The summed E-state index contributed by atoms with van der Waals surface area (Å²) >= 11 is 8.43. The lowest BCUT2D eigenvalue weighted by Crippen LogP contribution is -2.36. The maximum Gasteiger partial charge on any atom is 0.255 e. The minimum absolute atomic E-state index is 0.0634. The normalized spacial score (nSPS) is 22.3. The number of likely N-dealkylation sites (tertiary alicyclic amines) is 1. The maximum atomic E-state index is 12.6. The molecule has 0 aromatic carbocycles. The van der Waals surface area contributed by atoms with Gasteiger partial charge in [-0.25, -0.2) is 4.98 Å². The molecule has 2 saturated heterocycles. The van der Waals surface area contributed by atoms with Gasteiger partial charge < -0.3 is 9.80 Å². The molecule has 2 aliphatic heterocycles. The molecule has 2 aliphatic rings. The number of hydrogen-bond donors (Lipinski definition) is 0. The van der Waals surface area contributed by atoms with Gasteiger partial charge in [0.2, 0.25) is 0 Å². The third-order valence-electron chi connectivity index (χ3n) is 4.97. The predicted molar refractivity (Wildman–Crippen MR) is 102 cm³/mol. The summed E-state index contributed by atoms with van der Waals surface area (Å²) in [5.74, 6) is 0.890. The average Bonchev–Trinajstić information content (AvgIpc) is 2.87. The molecular formula is C18H26ClN3OS. The molecule has 6 heteroatoms. The van der Waals surface area contributed by atoms with Crippen molar-refractivity contribution in [3.63, 3.8) is 0 Å². The predicted octanol–water partition coefficient (Wildman–Crippen LogP) is 4.08. The van der Waals surface area contributed by atoms with Crippen LogP contribution in [0.15, 0.2) is 12.3 Å². The zero-order chi connectivity index (χ0) is 16.9. The molecule has 0 radical (unpaired) electrons. The van der Waals surface area contributed by atoms with E-state index in [1.54, 1.807) is 12.3 Å². The second-order valence-electron chi connectivity index (χ2n) is 6.68. The number of carbonyl (C=O) groups is 1. The number of hydrogen-bond acceptors (Lipinski definition) is 4. The SMILES string of the molecule is CSC1CCCCN(c2ncc(C(=O)N3CCCCC3)cc2Cl)C1. The minimum Gasteiger partial charge on any atom is -0.354 e. The van der Waals surface area contributed by atoms with Crippen molar-refractivity contribution >= 4 is 35.1 Å². The molecule has 0 saturated carbocycles. The molecule has 0 aliphatic carbocycles. The largest absolute Gasteiger partial charge is 0.354 e. The van der Waals surface area contributed by atoms with Gasteiger partial charge in [0, 0.05) is 37.6 Å². The Morgan fingerprint density at radius 1 is 1.21 bits per heavy atom. The fraction of sp³-hybridized carbons (Fsp3) is 0.667. The van der Waals surface area contributed by atoms with Crippen LogP contribution in [0.2, 0.25) is 5.02 Å². The number of thioether (sulfide) groups is 1. The van der Waals surface area contributed by atoms with Crippen molar-refractivity contribution in [2.75, 3.05) is 37.3 Å². The third-order valence-corrected chi connectivity index (χ3v) is 6.30. The fourth-order valence-corrected chi connectivity index (χ4v) is 4.56. The van der Waals surface area contributed by atoms with Gasteiger partial charge in [-0.15, -0.1) is 0 Å². The molecule has 0 spiro atoms. The van der Waals surface area contributed by atoms with Crippen LogP contribution in [0.3, 0.4) is 0 Å². The van der Waals surface area contributed by atoms with Gasteiger partial charge >= 0.3 is 0 Å². The Bertz CT molecular complexity index is 577. The molecule has 1 aromatic rings. The molecule has 0 bridgehead atoms. The van der Waals surface area contributed by atoms with Gasteiger partial charge in [0.1, 0.15) is 5.82 Å². The Labute approximate surface area is 153 Å². The molecule has 132 valence electrons. The van der Waals surface area contributed by atoms with Crippen LogP contribution in [0.5, 0.6) is 0 Å². The van der Waals surface area contributed by atoms with Crippen molar-refractivity contribution < 1.29 is 4.79 Å². The number of carbonyl (C=O) groups excluding carboxylic acids is 1. The van der Waals surface area contributed by atoms with E-state index in [1.807, 2.05) is 16.7 Å². The highest BCUT2D eigenvalue weighted by atomic mass is 35.5. The van der Waals surface area contributed by atoms with E-state index in [4.69, 9.17) is 11.6 Å². The van der Waals surface area contributed by atoms with E-state index in [0.717, 1.165) is 44.8 Å². The Hall–Kier alpha value is -0.940. The summed E-state index contributed by atoms with van der Waals surface area (Å²) in [4.78, 5) is 21.4. The topological polar surface area (TPSA) is 36.4 Å². The lowest BCUT2D eigenvalue weighted by Gasteiger charge is -2.28. The van der Waals surface area contributed by atoms with Gasteiger partial charge in [-0.3, -0.25) is 4.79 Å². The van der Waals surface area contributed by atoms with Crippen molar-refractivity contribution in [1.82, 2.24) is 9.88 Å². The van der Waals surface area contributed by atoms with Gasteiger partial charge in [-0.05, 0) is 44.4 Å². The van der Waals surface area contributed by atoms with Crippen LogP contribution in [0.25, 0.3) is 0 Å². The van der Waals surface area contributed by atoms with Crippen LogP contribution in [-0.4, -0.2) is 53.5 Å². The van der Waals surface area contributed by atoms with E-state index in [9.17, 15) is 4.79 Å². The highest BCUT2D eigenvalue weighted by Crippen LogP contribution is 2.29.